The molecule has 0 heterocycles. The molecule has 0 saturated heterocycles. The van der Waals surface area contributed by atoms with Crippen molar-refractivity contribution in [3.05, 3.63) is 53.1 Å². The highest BCUT2D eigenvalue weighted by molar-refractivity contribution is 5.98. The van der Waals surface area contributed by atoms with Gasteiger partial charge in [0.25, 0.3) is 0 Å². The van der Waals surface area contributed by atoms with Crippen LogP contribution in [0.1, 0.15) is 25.3 Å². The standard InChI is InChI=1S/C15H16O4/c1-2-6-12(14(16)17)10-13(15(18)19)9-11-7-4-3-5-8-11/h3-5,7-10H,2,6H2,1H3,(H,16,17)(H,18,19). The molecule has 0 unspecified atom stereocenters. The van der Waals surface area contributed by atoms with Crippen LogP contribution in [0, 0.1) is 0 Å². The molecule has 0 spiro atoms. The molecule has 0 bridgehead atoms. The van der Waals surface area contributed by atoms with E-state index in [4.69, 9.17) is 10.2 Å². The molecule has 1 rings (SSSR count). The SMILES string of the molecule is CCCC(=CC(=Cc1ccccc1)C(=O)O)C(=O)O. The summed E-state index contributed by atoms with van der Waals surface area (Å²) >= 11 is 0. The van der Waals surface area contributed by atoms with Gasteiger partial charge in [-0.2, -0.15) is 0 Å². The first-order valence-corrected chi connectivity index (χ1v) is 5.98. The molecule has 19 heavy (non-hydrogen) atoms. The minimum atomic E-state index is -1.14. The molecule has 1 aromatic carbocycles. The van der Waals surface area contributed by atoms with Crippen LogP contribution in [-0.2, 0) is 9.59 Å². The van der Waals surface area contributed by atoms with Gasteiger partial charge in [0.05, 0.1) is 5.57 Å². The van der Waals surface area contributed by atoms with E-state index in [0.717, 1.165) is 5.56 Å². The number of benzene rings is 1. The van der Waals surface area contributed by atoms with Gasteiger partial charge in [-0.1, -0.05) is 43.7 Å². The number of hydrogen-bond acceptors (Lipinski definition) is 2. The average molecular weight is 260 g/mol. The molecule has 0 fully saturated rings. The fraction of sp³-hybridized carbons (Fsp3) is 0.200. The molecular weight excluding hydrogens is 244 g/mol. The van der Waals surface area contributed by atoms with Crippen molar-refractivity contribution in [2.24, 2.45) is 0 Å². The summed E-state index contributed by atoms with van der Waals surface area (Å²) < 4.78 is 0. The van der Waals surface area contributed by atoms with Gasteiger partial charge < -0.3 is 10.2 Å². The predicted molar refractivity (Wildman–Crippen MR) is 72.7 cm³/mol. The summed E-state index contributed by atoms with van der Waals surface area (Å²) in [6.07, 6.45) is 3.67. The number of aliphatic carboxylic acids is 2. The van der Waals surface area contributed by atoms with E-state index in [1.807, 2.05) is 13.0 Å². The largest absolute Gasteiger partial charge is 0.478 e. The van der Waals surface area contributed by atoms with Crippen LogP contribution in [-0.4, -0.2) is 22.2 Å². The van der Waals surface area contributed by atoms with E-state index in [-0.39, 0.29) is 11.1 Å². The van der Waals surface area contributed by atoms with Gasteiger partial charge in [0.15, 0.2) is 0 Å². The van der Waals surface area contributed by atoms with Crippen molar-refractivity contribution in [2.45, 2.75) is 19.8 Å². The van der Waals surface area contributed by atoms with E-state index in [2.05, 4.69) is 0 Å². The van der Waals surface area contributed by atoms with Crippen molar-refractivity contribution in [2.75, 3.05) is 0 Å². The third-order valence-corrected chi connectivity index (χ3v) is 2.49. The van der Waals surface area contributed by atoms with Crippen LogP contribution in [0.25, 0.3) is 6.08 Å². The van der Waals surface area contributed by atoms with Crippen LogP contribution in [0.3, 0.4) is 0 Å². The summed E-state index contributed by atoms with van der Waals surface area (Å²) in [6, 6.07) is 8.93. The fourth-order valence-corrected chi connectivity index (χ4v) is 1.59. The monoisotopic (exact) mass is 260 g/mol. The summed E-state index contributed by atoms with van der Waals surface area (Å²) in [5, 5.41) is 18.1. The highest BCUT2D eigenvalue weighted by Gasteiger charge is 2.11. The van der Waals surface area contributed by atoms with Crippen LogP contribution in [0.15, 0.2) is 47.6 Å². The maximum absolute atomic E-state index is 11.2. The Bertz CT molecular complexity index is 512. The minimum Gasteiger partial charge on any atom is -0.478 e. The topological polar surface area (TPSA) is 74.6 Å². The highest BCUT2D eigenvalue weighted by Crippen LogP contribution is 2.13. The summed E-state index contributed by atoms with van der Waals surface area (Å²) in [5.41, 5.74) is 0.793. The first kappa shape index (κ1) is 14.7. The Morgan fingerprint density at radius 3 is 2.21 bits per heavy atom. The molecule has 2 N–H and O–H groups in total. The normalized spacial score (nSPS) is 12.3. The molecule has 0 radical (unpaired) electrons. The first-order valence-electron chi connectivity index (χ1n) is 5.98. The van der Waals surface area contributed by atoms with E-state index < -0.39 is 11.9 Å². The second-order valence-corrected chi connectivity index (χ2v) is 4.04. The molecule has 0 aliphatic heterocycles. The van der Waals surface area contributed by atoms with E-state index in [1.165, 1.54) is 12.2 Å². The molecule has 0 amide bonds. The van der Waals surface area contributed by atoms with Crippen molar-refractivity contribution >= 4 is 18.0 Å². The molecule has 4 heteroatoms. The molecule has 4 nitrogen and oxygen atoms in total. The lowest BCUT2D eigenvalue weighted by molar-refractivity contribution is -0.133. The third kappa shape index (κ3) is 4.79. The van der Waals surface area contributed by atoms with Gasteiger partial charge in [0.1, 0.15) is 0 Å². The lowest BCUT2D eigenvalue weighted by atomic mass is 10.0. The van der Waals surface area contributed by atoms with E-state index in [1.54, 1.807) is 24.3 Å². The van der Waals surface area contributed by atoms with E-state index >= 15 is 0 Å². The Hall–Kier alpha value is -2.36. The fourth-order valence-electron chi connectivity index (χ4n) is 1.59. The van der Waals surface area contributed by atoms with Crippen LogP contribution in [0.4, 0.5) is 0 Å². The summed E-state index contributed by atoms with van der Waals surface area (Å²) in [4.78, 5) is 22.2. The van der Waals surface area contributed by atoms with Gasteiger partial charge in [0.2, 0.25) is 0 Å². The molecule has 0 aliphatic carbocycles. The van der Waals surface area contributed by atoms with Crippen molar-refractivity contribution in [3.63, 3.8) is 0 Å². The smallest absolute Gasteiger partial charge is 0.335 e. The average Bonchev–Trinajstić information content (AvgIpc) is 2.38. The van der Waals surface area contributed by atoms with Crippen molar-refractivity contribution in [3.8, 4) is 0 Å². The van der Waals surface area contributed by atoms with Gasteiger partial charge in [-0.05, 0) is 24.1 Å². The summed E-state index contributed by atoms with van der Waals surface area (Å²) in [5.74, 6) is -2.22. The molecule has 0 aliphatic rings. The molecule has 0 aromatic heterocycles. The number of rotatable bonds is 6. The Kier molecular flexibility index (Phi) is 5.54. The van der Waals surface area contributed by atoms with Crippen LogP contribution in [0.5, 0.6) is 0 Å². The molecular formula is C15H16O4. The zero-order valence-electron chi connectivity index (χ0n) is 10.7. The van der Waals surface area contributed by atoms with Crippen LogP contribution in [0.2, 0.25) is 0 Å². The minimum absolute atomic E-state index is 0.0305. The summed E-state index contributed by atoms with van der Waals surface area (Å²) in [7, 11) is 0. The maximum atomic E-state index is 11.2. The number of hydrogen-bond donors (Lipinski definition) is 2. The van der Waals surface area contributed by atoms with Crippen molar-refractivity contribution in [1.29, 1.82) is 0 Å². The Morgan fingerprint density at radius 2 is 1.74 bits per heavy atom. The maximum Gasteiger partial charge on any atom is 0.335 e. The van der Waals surface area contributed by atoms with Crippen LogP contribution < -0.4 is 0 Å². The van der Waals surface area contributed by atoms with Gasteiger partial charge in [-0.25, -0.2) is 9.59 Å². The zero-order chi connectivity index (χ0) is 14.3. The number of carboxylic acids is 2. The number of carboxylic acid groups (broad SMARTS) is 2. The Balaban J connectivity index is 3.14. The zero-order valence-corrected chi connectivity index (χ0v) is 10.7. The Labute approximate surface area is 111 Å². The predicted octanol–water partition coefficient (Wildman–Crippen LogP) is 2.97. The molecule has 0 saturated carbocycles. The molecule has 0 atom stereocenters. The van der Waals surface area contributed by atoms with Crippen molar-refractivity contribution in [1.82, 2.24) is 0 Å². The second kappa shape index (κ2) is 7.16. The number of carbonyl (C=O) groups is 2. The van der Waals surface area contributed by atoms with E-state index in [0.29, 0.717) is 12.8 Å². The summed E-state index contributed by atoms with van der Waals surface area (Å²) in [6.45, 7) is 1.85. The van der Waals surface area contributed by atoms with E-state index in [9.17, 15) is 9.59 Å². The second-order valence-electron chi connectivity index (χ2n) is 4.04. The Morgan fingerprint density at radius 1 is 1.11 bits per heavy atom. The highest BCUT2D eigenvalue weighted by atomic mass is 16.4. The van der Waals surface area contributed by atoms with Gasteiger partial charge in [-0.15, -0.1) is 0 Å². The lowest BCUT2D eigenvalue weighted by Crippen LogP contribution is -2.04. The molecule has 100 valence electrons. The lowest BCUT2D eigenvalue weighted by Gasteiger charge is -2.02. The first-order chi connectivity index (χ1) is 9.04. The quantitative estimate of drug-likeness (QED) is 0.609. The van der Waals surface area contributed by atoms with Crippen LogP contribution >= 0.6 is 0 Å². The third-order valence-electron chi connectivity index (χ3n) is 2.49. The van der Waals surface area contributed by atoms with Crippen molar-refractivity contribution < 1.29 is 19.8 Å². The molecule has 1 aromatic rings. The van der Waals surface area contributed by atoms with Gasteiger partial charge in [0, 0.05) is 5.57 Å². The van der Waals surface area contributed by atoms with Gasteiger partial charge >= 0.3 is 11.9 Å². The van der Waals surface area contributed by atoms with Gasteiger partial charge in [-0.3, -0.25) is 0 Å².